The molecule has 0 aromatic heterocycles. The van der Waals surface area contributed by atoms with Gasteiger partial charge in [-0.25, -0.2) is 0 Å². The van der Waals surface area contributed by atoms with Crippen molar-refractivity contribution in [1.82, 2.24) is 0 Å². The maximum Gasteiger partial charge on any atom is 0.261 e. The fourth-order valence-electron chi connectivity index (χ4n) is 2.50. The second-order valence-corrected chi connectivity index (χ2v) is 5.98. The highest BCUT2D eigenvalue weighted by Gasteiger charge is 2.20. The molecule has 0 spiro atoms. The standard InChI is InChI=1S/C17H17Cl2NO2/c1-9-7-10(2)15(11(3)8-9)20-17(21)14-12(18)5-6-13(19)16(14)22-4/h5-8H,1-4H3,(H,20,21). The second-order valence-electron chi connectivity index (χ2n) is 5.17. The summed E-state index contributed by atoms with van der Waals surface area (Å²) in [6.07, 6.45) is 0. The molecule has 116 valence electrons. The Bertz CT molecular complexity index is 719. The number of carbonyl (C=O) groups is 1. The van der Waals surface area contributed by atoms with Gasteiger partial charge in [0.2, 0.25) is 0 Å². The summed E-state index contributed by atoms with van der Waals surface area (Å²) in [6, 6.07) is 7.21. The molecule has 22 heavy (non-hydrogen) atoms. The van der Waals surface area contributed by atoms with E-state index in [1.165, 1.54) is 7.11 Å². The van der Waals surface area contributed by atoms with E-state index in [1.54, 1.807) is 12.1 Å². The summed E-state index contributed by atoms with van der Waals surface area (Å²) in [4.78, 5) is 12.6. The van der Waals surface area contributed by atoms with Gasteiger partial charge in [0.15, 0.2) is 5.75 Å². The topological polar surface area (TPSA) is 38.3 Å². The summed E-state index contributed by atoms with van der Waals surface area (Å²) in [5, 5.41) is 3.54. The number of ether oxygens (including phenoxy) is 1. The number of nitrogens with one attached hydrogen (secondary N) is 1. The predicted molar refractivity (Wildman–Crippen MR) is 91.6 cm³/mol. The first-order valence-electron chi connectivity index (χ1n) is 6.76. The number of rotatable bonds is 3. The van der Waals surface area contributed by atoms with Crippen LogP contribution >= 0.6 is 23.2 Å². The van der Waals surface area contributed by atoms with Crippen molar-refractivity contribution in [2.24, 2.45) is 0 Å². The summed E-state index contributed by atoms with van der Waals surface area (Å²) < 4.78 is 5.22. The van der Waals surface area contributed by atoms with E-state index in [4.69, 9.17) is 27.9 Å². The second kappa shape index (κ2) is 6.59. The molecule has 2 rings (SSSR count). The van der Waals surface area contributed by atoms with Crippen LogP contribution in [0.25, 0.3) is 0 Å². The molecule has 0 saturated heterocycles. The number of anilines is 1. The molecule has 0 radical (unpaired) electrons. The third kappa shape index (κ3) is 3.21. The summed E-state index contributed by atoms with van der Waals surface area (Å²) >= 11 is 12.2. The van der Waals surface area contributed by atoms with Crippen LogP contribution in [-0.4, -0.2) is 13.0 Å². The zero-order valence-electron chi connectivity index (χ0n) is 12.9. The normalized spacial score (nSPS) is 10.5. The Morgan fingerprint density at radius 2 is 1.59 bits per heavy atom. The van der Waals surface area contributed by atoms with Gasteiger partial charge in [-0.1, -0.05) is 40.9 Å². The number of hydrogen-bond acceptors (Lipinski definition) is 2. The van der Waals surface area contributed by atoms with Crippen LogP contribution in [0.3, 0.4) is 0 Å². The van der Waals surface area contributed by atoms with E-state index in [0.717, 1.165) is 22.4 Å². The van der Waals surface area contributed by atoms with Gasteiger partial charge < -0.3 is 10.1 Å². The van der Waals surface area contributed by atoms with E-state index in [0.29, 0.717) is 10.0 Å². The van der Waals surface area contributed by atoms with Crippen LogP contribution < -0.4 is 10.1 Å². The summed E-state index contributed by atoms with van der Waals surface area (Å²) in [5.41, 5.74) is 4.13. The molecular formula is C17H17Cl2NO2. The predicted octanol–water partition coefficient (Wildman–Crippen LogP) is 5.18. The number of hydrogen-bond donors (Lipinski definition) is 1. The molecule has 3 nitrogen and oxygen atoms in total. The van der Waals surface area contributed by atoms with E-state index < -0.39 is 0 Å². The molecule has 0 aliphatic carbocycles. The van der Waals surface area contributed by atoms with Gasteiger partial charge in [-0.05, 0) is 44.0 Å². The number of halogens is 2. The average Bonchev–Trinajstić information content (AvgIpc) is 2.44. The van der Waals surface area contributed by atoms with Crippen LogP contribution in [0.5, 0.6) is 5.75 Å². The third-order valence-electron chi connectivity index (χ3n) is 3.41. The summed E-state index contributed by atoms with van der Waals surface area (Å²) in [6.45, 7) is 5.92. The Labute approximate surface area is 140 Å². The fourth-order valence-corrected chi connectivity index (χ4v) is 2.97. The SMILES string of the molecule is COc1c(Cl)ccc(Cl)c1C(=O)Nc1c(C)cc(C)cc1C. The molecule has 0 aliphatic rings. The maximum absolute atomic E-state index is 12.6. The molecule has 0 fully saturated rings. The number of benzene rings is 2. The van der Waals surface area contributed by atoms with Crippen LogP contribution in [-0.2, 0) is 0 Å². The van der Waals surface area contributed by atoms with Crippen molar-refractivity contribution >= 4 is 34.8 Å². The number of methoxy groups -OCH3 is 1. The Balaban J connectivity index is 2.45. The van der Waals surface area contributed by atoms with Gasteiger partial charge in [0.25, 0.3) is 5.91 Å². The molecule has 5 heteroatoms. The lowest BCUT2D eigenvalue weighted by Gasteiger charge is -2.15. The highest BCUT2D eigenvalue weighted by molar-refractivity contribution is 6.37. The Morgan fingerprint density at radius 3 is 2.14 bits per heavy atom. The largest absolute Gasteiger partial charge is 0.494 e. The highest BCUT2D eigenvalue weighted by Crippen LogP contribution is 2.34. The first-order chi connectivity index (χ1) is 10.3. The summed E-state index contributed by atoms with van der Waals surface area (Å²) in [7, 11) is 1.46. The lowest BCUT2D eigenvalue weighted by molar-refractivity contribution is 0.102. The van der Waals surface area contributed by atoms with Gasteiger partial charge in [-0.2, -0.15) is 0 Å². The van der Waals surface area contributed by atoms with Gasteiger partial charge in [-0.15, -0.1) is 0 Å². The average molecular weight is 338 g/mol. The number of carbonyl (C=O) groups excluding carboxylic acids is 1. The molecular weight excluding hydrogens is 321 g/mol. The zero-order chi connectivity index (χ0) is 16.4. The van der Waals surface area contributed by atoms with Crippen molar-refractivity contribution in [3.8, 4) is 5.75 Å². The first kappa shape index (κ1) is 16.7. The molecule has 0 heterocycles. The molecule has 0 aliphatic heterocycles. The molecule has 0 saturated carbocycles. The zero-order valence-corrected chi connectivity index (χ0v) is 14.4. The number of aryl methyl sites for hydroxylation is 3. The quantitative estimate of drug-likeness (QED) is 0.837. The van der Waals surface area contributed by atoms with Crippen molar-refractivity contribution < 1.29 is 9.53 Å². The molecule has 0 bridgehead atoms. The minimum atomic E-state index is -0.348. The van der Waals surface area contributed by atoms with Gasteiger partial charge >= 0.3 is 0 Å². The monoisotopic (exact) mass is 337 g/mol. The van der Waals surface area contributed by atoms with E-state index in [1.807, 2.05) is 32.9 Å². The van der Waals surface area contributed by atoms with Crippen molar-refractivity contribution in [2.75, 3.05) is 12.4 Å². The van der Waals surface area contributed by atoms with Crippen molar-refractivity contribution in [2.45, 2.75) is 20.8 Å². The first-order valence-corrected chi connectivity index (χ1v) is 7.52. The van der Waals surface area contributed by atoms with Crippen LogP contribution in [0, 0.1) is 20.8 Å². The van der Waals surface area contributed by atoms with Crippen LogP contribution in [0.15, 0.2) is 24.3 Å². The Morgan fingerprint density at radius 1 is 1.05 bits per heavy atom. The van der Waals surface area contributed by atoms with E-state index in [-0.39, 0.29) is 17.2 Å². The van der Waals surface area contributed by atoms with E-state index in [2.05, 4.69) is 5.32 Å². The molecule has 2 aromatic rings. The summed E-state index contributed by atoms with van der Waals surface area (Å²) in [5.74, 6) is -0.0755. The fraction of sp³-hybridized carbons (Fsp3) is 0.235. The van der Waals surface area contributed by atoms with Crippen molar-refractivity contribution in [3.63, 3.8) is 0 Å². The lowest BCUT2D eigenvalue weighted by Crippen LogP contribution is -2.16. The van der Waals surface area contributed by atoms with E-state index >= 15 is 0 Å². The van der Waals surface area contributed by atoms with Crippen LogP contribution in [0.2, 0.25) is 10.0 Å². The third-order valence-corrected chi connectivity index (χ3v) is 4.02. The van der Waals surface area contributed by atoms with Gasteiger partial charge in [0.1, 0.15) is 5.56 Å². The molecule has 0 unspecified atom stereocenters. The molecule has 2 aromatic carbocycles. The molecule has 1 N–H and O–H groups in total. The Kier molecular flexibility index (Phi) is 4.99. The highest BCUT2D eigenvalue weighted by atomic mass is 35.5. The maximum atomic E-state index is 12.6. The van der Waals surface area contributed by atoms with Crippen LogP contribution in [0.4, 0.5) is 5.69 Å². The lowest BCUT2D eigenvalue weighted by atomic mass is 10.0. The number of amides is 1. The van der Waals surface area contributed by atoms with E-state index in [9.17, 15) is 4.79 Å². The molecule has 1 amide bonds. The minimum Gasteiger partial charge on any atom is -0.494 e. The Hall–Kier alpha value is -1.71. The van der Waals surface area contributed by atoms with Gasteiger partial charge in [0.05, 0.1) is 17.2 Å². The minimum absolute atomic E-state index is 0.232. The van der Waals surface area contributed by atoms with Gasteiger partial charge in [0, 0.05) is 5.69 Å². The van der Waals surface area contributed by atoms with Crippen LogP contribution in [0.1, 0.15) is 27.0 Å². The smallest absolute Gasteiger partial charge is 0.261 e. The van der Waals surface area contributed by atoms with Crippen molar-refractivity contribution in [1.29, 1.82) is 0 Å². The molecule has 0 atom stereocenters. The van der Waals surface area contributed by atoms with Gasteiger partial charge in [-0.3, -0.25) is 4.79 Å². The van der Waals surface area contributed by atoms with Crippen molar-refractivity contribution in [3.05, 3.63) is 56.6 Å².